The molecule has 5 heteroatoms. The fourth-order valence-electron chi connectivity index (χ4n) is 2.42. The Kier molecular flexibility index (Phi) is 3.87. The van der Waals surface area contributed by atoms with Crippen molar-refractivity contribution in [2.24, 2.45) is 0 Å². The van der Waals surface area contributed by atoms with Crippen molar-refractivity contribution < 1.29 is 4.74 Å². The first-order chi connectivity index (χ1) is 8.13. The molecule has 2 rings (SSSR count). The summed E-state index contributed by atoms with van der Waals surface area (Å²) in [5, 5.41) is 0. The summed E-state index contributed by atoms with van der Waals surface area (Å²) >= 11 is 2.21. The summed E-state index contributed by atoms with van der Waals surface area (Å²) < 4.78 is 6.67. The number of aromatic nitrogens is 2. The minimum atomic E-state index is -0.303. The lowest BCUT2D eigenvalue weighted by Gasteiger charge is -2.26. The molecule has 1 heterocycles. The predicted octanol–water partition coefficient (Wildman–Crippen LogP) is 2.64. The number of hydrogen-bond donors (Lipinski definition) is 1. The Morgan fingerprint density at radius 3 is 2.53 bits per heavy atom. The highest BCUT2D eigenvalue weighted by Crippen LogP contribution is 2.40. The highest BCUT2D eigenvalue weighted by atomic mass is 127. The molecule has 0 radical (unpaired) electrons. The Morgan fingerprint density at radius 2 is 2.00 bits per heavy atom. The van der Waals surface area contributed by atoms with Gasteiger partial charge in [0.05, 0.1) is 9.26 Å². The molecule has 0 spiro atoms. The van der Waals surface area contributed by atoms with Crippen molar-refractivity contribution in [1.29, 1.82) is 0 Å². The molecule has 17 heavy (non-hydrogen) atoms. The largest absolute Gasteiger partial charge is 0.383 e. The molecule has 0 bridgehead atoms. The molecule has 0 unspecified atom stereocenters. The van der Waals surface area contributed by atoms with Gasteiger partial charge in [0, 0.05) is 7.11 Å². The van der Waals surface area contributed by atoms with Crippen molar-refractivity contribution >= 4 is 28.4 Å². The summed E-state index contributed by atoms with van der Waals surface area (Å²) in [5.41, 5.74) is 6.69. The summed E-state index contributed by atoms with van der Waals surface area (Å²) in [5.74, 6) is 1.35. The molecule has 1 aromatic rings. The van der Waals surface area contributed by atoms with Crippen LogP contribution in [0.15, 0.2) is 0 Å². The molecule has 1 aromatic heterocycles. The monoisotopic (exact) mass is 347 g/mol. The Morgan fingerprint density at radius 1 is 1.35 bits per heavy atom. The second kappa shape index (κ2) is 5.06. The Hall–Kier alpha value is -0.430. The lowest BCUT2D eigenvalue weighted by atomic mass is 10.0. The van der Waals surface area contributed by atoms with Crippen molar-refractivity contribution in [3.63, 3.8) is 0 Å². The van der Waals surface area contributed by atoms with Gasteiger partial charge in [-0.25, -0.2) is 9.97 Å². The molecule has 0 amide bonds. The quantitative estimate of drug-likeness (QED) is 0.854. The second-order valence-corrected chi connectivity index (χ2v) is 5.53. The smallest absolute Gasteiger partial charge is 0.162 e. The fourth-order valence-corrected chi connectivity index (χ4v) is 3.04. The maximum atomic E-state index is 5.96. The molecule has 0 saturated heterocycles. The number of aryl methyl sites for hydroxylation is 1. The summed E-state index contributed by atoms with van der Waals surface area (Å²) in [6.07, 6.45) is 5.20. The van der Waals surface area contributed by atoms with Crippen LogP contribution in [0.5, 0.6) is 0 Å². The number of nitrogens with two attached hydrogens (primary N) is 1. The van der Waals surface area contributed by atoms with Crippen LogP contribution in [-0.2, 0) is 16.8 Å². The maximum absolute atomic E-state index is 5.96. The Balaban J connectivity index is 2.48. The van der Waals surface area contributed by atoms with Crippen molar-refractivity contribution in [1.82, 2.24) is 9.97 Å². The van der Waals surface area contributed by atoms with E-state index in [9.17, 15) is 0 Å². The Labute approximate surface area is 115 Å². The van der Waals surface area contributed by atoms with Gasteiger partial charge in [-0.15, -0.1) is 0 Å². The molecule has 1 aliphatic carbocycles. The number of hydrogen-bond acceptors (Lipinski definition) is 4. The third-order valence-corrected chi connectivity index (χ3v) is 4.67. The van der Waals surface area contributed by atoms with Crippen LogP contribution >= 0.6 is 22.6 Å². The van der Waals surface area contributed by atoms with Gasteiger partial charge in [-0.1, -0.05) is 6.92 Å². The summed E-state index contributed by atoms with van der Waals surface area (Å²) in [6.45, 7) is 2.09. The zero-order valence-electron chi connectivity index (χ0n) is 10.3. The standard InChI is InChI=1S/C12H18IN3O/c1-3-8-9(13)10(14)16-11(15-8)12(17-2)6-4-5-7-12/h3-7H2,1-2H3,(H2,14,15,16). The molecule has 1 fully saturated rings. The van der Waals surface area contributed by atoms with E-state index in [1.807, 2.05) is 0 Å². The SMILES string of the molecule is CCc1nc(C2(OC)CCCC2)nc(N)c1I. The van der Waals surface area contributed by atoms with Gasteiger partial charge in [-0.2, -0.15) is 0 Å². The highest BCUT2D eigenvalue weighted by Gasteiger charge is 2.39. The third kappa shape index (κ3) is 2.27. The first-order valence-corrected chi connectivity index (χ1v) is 7.08. The van der Waals surface area contributed by atoms with Crippen molar-refractivity contribution in [2.75, 3.05) is 12.8 Å². The van der Waals surface area contributed by atoms with Crippen molar-refractivity contribution in [3.8, 4) is 0 Å². The number of nitrogens with zero attached hydrogens (tertiary/aromatic N) is 2. The molecule has 1 aliphatic rings. The van der Waals surface area contributed by atoms with E-state index in [2.05, 4.69) is 39.5 Å². The van der Waals surface area contributed by atoms with E-state index in [1.54, 1.807) is 7.11 Å². The molecule has 2 N–H and O–H groups in total. The lowest BCUT2D eigenvalue weighted by molar-refractivity contribution is -0.0163. The maximum Gasteiger partial charge on any atom is 0.162 e. The average molecular weight is 347 g/mol. The fraction of sp³-hybridized carbons (Fsp3) is 0.667. The normalized spacial score (nSPS) is 18.5. The van der Waals surface area contributed by atoms with E-state index >= 15 is 0 Å². The van der Waals surface area contributed by atoms with Crippen LogP contribution in [0.1, 0.15) is 44.1 Å². The minimum absolute atomic E-state index is 0.303. The summed E-state index contributed by atoms with van der Waals surface area (Å²) in [7, 11) is 1.74. The third-order valence-electron chi connectivity index (χ3n) is 3.49. The van der Waals surface area contributed by atoms with E-state index < -0.39 is 0 Å². The number of methoxy groups -OCH3 is 1. The van der Waals surface area contributed by atoms with Crippen LogP contribution in [0.25, 0.3) is 0 Å². The summed E-state index contributed by atoms with van der Waals surface area (Å²) in [4.78, 5) is 9.09. The van der Waals surface area contributed by atoms with Crippen LogP contribution in [0, 0.1) is 3.57 Å². The number of anilines is 1. The first-order valence-electron chi connectivity index (χ1n) is 6.00. The molecule has 94 valence electrons. The van der Waals surface area contributed by atoms with Gasteiger partial charge >= 0.3 is 0 Å². The zero-order chi connectivity index (χ0) is 12.5. The van der Waals surface area contributed by atoms with Gasteiger partial charge in [0.2, 0.25) is 0 Å². The second-order valence-electron chi connectivity index (χ2n) is 4.45. The topological polar surface area (TPSA) is 61.0 Å². The van der Waals surface area contributed by atoms with Crippen LogP contribution < -0.4 is 5.73 Å². The van der Waals surface area contributed by atoms with E-state index in [4.69, 9.17) is 10.5 Å². The van der Waals surface area contributed by atoms with Crippen LogP contribution in [-0.4, -0.2) is 17.1 Å². The van der Waals surface area contributed by atoms with Gasteiger partial charge in [0.15, 0.2) is 5.82 Å². The molecule has 0 atom stereocenters. The molecule has 0 aromatic carbocycles. The zero-order valence-corrected chi connectivity index (χ0v) is 12.5. The van der Waals surface area contributed by atoms with E-state index in [1.165, 1.54) is 12.8 Å². The minimum Gasteiger partial charge on any atom is -0.383 e. The van der Waals surface area contributed by atoms with Crippen molar-refractivity contribution in [3.05, 3.63) is 15.1 Å². The number of ether oxygens (including phenoxy) is 1. The molecule has 4 nitrogen and oxygen atoms in total. The first kappa shape index (κ1) is 13.0. The predicted molar refractivity (Wildman–Crippen MR) is 75.7 cm³/mol. The van der Waals surface area contributed by atoms with Gasteiger partial charge in [-0.3, -0.25) is 0 Å². The highest BCUT2D eigenvalue weighted by molar-refractivity contribution is 14.1. The van der Waals surface area contributed by atoms with E-state index in [0.717, 1.165) is 34.4 Å². The summed E-state index contributed by atoms with van der Waals surface area (Å²) in [6, 6.07) is 0. The van der Waals surface area contributed by atoms with E-state index in [0.29, 0.717) is 5.82 Å². The number of rotatable bonds is 3. The van der Waals surface area contributed by atoms with Crippen molar-refractivity contribution in [2.45, 2.75) is 44.6 Å². The average Bonchev–Trinajstić information content (AvgIpc) is 2.82. The molecular weight excluding hydrogens is 329 g/mol. The number of nitrogen functional groups attached to an aromatic ring is 1. The Bertz CT molecular complexity index is 416. The number of halogens is 1. The lowest BCUT2D eigenvalue weighted by Crippen LogP contribution is -2.28. The van der Waals surface area contributed by atoms with Crippen LogP contribution in [0.3, 0.4) is 0 Å². The molecule has 0 aliphatic heterocycles. The van der Waals surface area contributed by atoms with Gasteiger partial charge in [0.25, 0.3) is 0 Å². The molecule has 1 saturated carbocycles. The van der Waals surface area contributed by atoms with Gasteiger partial charge in [0.1, 0.15) is 11.4 Å². The molecular formula is C12H18IN3O. The van der Waals surface area contributed by atoms with Crippen LogP contribution in [0.2, 0.25) is 0 Å². The van der Waals surface area contributed by atoms with Gasteiger partial charge in [-0.05, 0) is 54.7 Å². The van der Waals surface area contributed by atoms with Crippen LogP contribution in [0.4, 0.5) is 5.82 Å². The van der Waals surface area contributed by atoms with E-state index in [-0.39, 0.29) is 5.60 Å². The van der Waals surface area contributed by atoms with Gasteiger partial charge < -0.3 is 10.5 Å².